The summed E-state index contributed by atoms with van der Waals surface area (Å²) in [7, 11) is 0. The molecule has 0 spiro atoms. The van der Waals surface area contributed by atoms with Gasteiger partial charge in [-0.1, -0.05) is 39.0 Å². The first-order valence-corrected chi connectivity index (χ1v) is 4.18. The van der Waals surface area contributed by atoms with Crippen LogP contribution in [0.15, 0.2) is 23.8 Å². The summed E-state index contributed by atoms with van der Waals surface area (Å²) in [5, 5.41) is 18.9. The molecule has 0 radical (unpaired) electrons. The van der Waals surface area contributed by atoms with E-state index in [1.807, 2.05) is 26.8 Å². The average molecular weight is 168 g/mol. The van der Waals surface area contributed by atoms with Crippen molar-refractivity contribution < 1.29 is 10.2 Å². The zero-order valence-corrected chi connectivity index (χ0v) is 7.78. The lowest BCUT2D eigenvalue weighted by atomic mass is 9.79. The van der Waals surface area contributed by atoms with Crippen LogP contribution < -0.4 is 0 Å². The Hall–Kier alpha value is -0.600. The van der Waals surface area contributed by atoms with Gasteiger partial charge in [-0.15, -0.1) is 0 Å². The van der Waals surface area contributed by atoms with Crippen molar-refractivity contribution in [3.05, 3.63) is 23.8 Å². The first kappa shape index (κ1) is 9.49. The Morgan fingerprint density at radius 1 is 1.25 bits per heavy atom. The molecule has 2 nitrogen and oxygen atoms in total. The highest BCUT2D eigenvalue weighted by Crippen LogP contribution is 2.31. The van der Waals surface area contributed by atoms with E-state index in [2.05, 4.69) is 0 Å². The number of hydrogen-bond acceptors (Lipinski definition) is 2. The van der Waals surface area contributed by atoms with E-state index in [4.69, 9.17) is 0 Å². The average Bonchev–Trinajstić information content (AvgIpc) is 1.92. The highest BCUT2D eigenvalue weighted by atomic mass is 16.3. The molecule has 0 aromatic heterocycles. The lowest BCUT2D eigenvalue weighted by Gasteiger charge is -2.30. The van der Waals surface area contributed by atoms with E-state index in [0.717, 1.165) is 5.57 Å². The third kappa shape index (κ3) is 1.76. The summed E-state index contributed by atoms with van der Waals surface area (Å²) in [6.07, 6.45) is 3.77. The minimum atomic E-state index is -0.746. The van der Waals surface area contributed by atoms with Crippen LogP contribution in [0.25, 0.3) is 0 Å². The van der Waals surface area contributed by atoms with Gasteiger partial charge in [0.15, 0.2) is 0 Å². The van der Waals surface area contributed by atoms with Crippen molar-refractivity contribution in [1.29, 1.82) is 0 Å². The monoisotopic (exact) mass is 168 g/mol. The second-order valence-electron chi connectivity index (χ2n) is 4.19. The van der Waals surface area contributed by atoms with Crippen LogP contribution in [0.5, 0.6) is 0 Å². The van der Waals surface area contributed by atoms with E-state index in [0.29, 0.717) is 0 Å². The molecule has 0 aliphatic heterocycles. The van der Waals surface area contributed by atoms with E-state index in [1.165, 1.54) is 0 Å². The Bertz CT molecular complexity index is 220. The van der Waals surface area contributed by atoms with Gasteiger partial charge in [-0.2, -0.15) is 0 Å². The molecule has 2 heteroatoms. The molecule has 0 saturated heterocycles. The van der Waals surface area contributed by atoms with Gasteiger partial charge in [-0.3, -0.25) is 0 Å². The molecule has 0 saturated carbocycles. The van der Waals surface area contributed by atoms with Crippen molar-refractivity contribution in [3.63, 3.8) is 0 Å². The molecule has 12 heavy (non-hydrogen) atoms. The summed E-state index contributed by atoms with van der Waals surface area (Å²) in [6.45, 7) is 6.07. The van der Waals surface area contributed by atoms with Crippen LogP contribution in [0, 0.1) is 5.41 Å². The van der Waals surface area contributed by atoms with Gasteiger partial charge in [0.2, 0.25) is 0 Å². The molecule has 1 rings (SSSR count). The maximum Gasteiger partial charge on any atom is 0.105 e. The highest BCUT2D eigenvalue weighted by molar-refractivity contribution is 5.29. The maximum atomic E-state index is 9.60. The maximum absolute atomic E-state index is 9.60. The summed E-state index contributed by atoms with van der Waals surface area (Å²) in [6, 6.07) is 0. The first-order chi connectivity index (χ1) is 5.43. The van der Waals surface area contributed by atoms with E-state index in [9.17, 15) is 10.2 Å². The number of allylic oxidation sites excluding steroid dienone is 2. The Kier molecular flexibility index (Phi) is 2.40. The van der Waals surface area contributed by atoms with Gasteiger partial charge < -0.3 is 10.2 Å². The topological polar surface area (TPSA) is 40.5 Å². The third-order valence-electron chi connectivity index (χ3n) is 2.09. The fourth-order valence-electron chi connectivity index (χ4n) is 1.35. The van der Waals surface area contributed by atoms with Crippen molar-refractivity contribution in [1.82, 2.24) is 0 Å². The van der Waals surface area contributed by atoms with Gasteiger partial charge in [0.25, 0.3) is 0 Å². The number of aliphatic hydroxyl groups is 2. The van der Waals surface area contributed by atoms with E-state index in [1.54, 1.807) is 12.2 Å². The summed E-state index contributed by atoms with van der Waals surface area (Å²) >= 11 is 0. The minimum absolute atomic E-state index is 0.0782. The Morgan fingerprint density at radius 2 is 1.83 bits per heavy atom. The SMILES string of the molecule is CC(C)(C)C1=CC=CC(O)C1O. The largest absolute Gasteiger partial charge is 0.386 e. The van der Waals surface area contributed by atoms with Gasteiger partial charge in [-0.25, -0.2) is 0 Å². The van der Waals surface area contributed by atoms with Crippen LogP contribution in [-0.4, -0.2) is 22.4 Å². The fourth-order valence-corrected chi connectivity index (χ4v) is 1.35. The predicted octanol–water partition coefficient (Wildman–Crippen LogP) is 1.25. The molecule has 2 N–H and O–H groups in total. The second kappa shape index (κ2) is 3.04. The molecular formula is C10H16O2. The minimum Gasteiger partial charge on any atom is -0.386 e. The van der Waals surface area contributed by atoms with Crippen molar-refractivity contribution in [2.24, 2.45) is 5.41 Å². The van der Waals surface area contributed by atoms with Crippen LogP contribution in [-0.2, 0) is 0 Å². The van der Waals surface area contributed by atoms with Gasteiger partial charge in [0, 0.05) is 0 Å². The molecule has 0 fully saturated rings. The van der Waals surface area contributed by atoms with Crippen molar-refractivity contribution in [2.75, 3.05) is 0 Å². The molecule has 2 atom stereocenters. The number of hydrogen-bond donors (Lipinski definition) is 2. The van der Waals surface area contributed by atoms with Crippen LogP contribution in [0.2, 0.25) is 0 Å². The van der Waals surface area contributed by atoms with Gasteiger partial charge >= 0.3 is 0 Å². The summed E-state index contributed by atoms with van der Waals surface area (Å²) in [5.74, 6) is 0. The first-order valence-electron chi connectivity index (χ1n) is 4.18. The Morgan fingerprint density at radius 3 is 2.25 bits per heavy atom. The normalized spacial score (nSPS) is 30.2. The van der Waals surface area contributed by atoms with Gasteiger partial charge in [0.05, 0.1) is 0 Å². The number of rotatable bonds is 0. The summed E-state index contributed by atoms with van der Waals surface area (Å²) in [4.78, 5) is 0. The zero-order chi connectivity index (χ0) is 9.35. The molecule has 1 aliphatic carbocycles. The fraction of sp³-hybridized carbons (Fsp3) is 0.600. The summed E-state index contributed by atoms with van der Waals surface area (Å²) < 4.78 is 0. The van der Waals surface area contributed by atoms with E-state index >= 15 is 0 Å². The predicted molar refractivity (Wildman–Crippen MR) is 48.7 cm³/mol. The Balaban J connectivity index is 2.90. The molecule has 0 heterocycles. The van der Waals surface area contributed by atoms with Crippen molar-refractivity contribution >= 4 is 0 Å². The molecule has 0 aromatic rings. The summed E-state index contributed by atoms with van der Waals surface area (Å²) in [5.41, 5.74) is 0.808. The van der Waals surface area contributed by atoms with E-state index in [-0.39, 0.29) is 5.41 Å². The molecule has 68 valence electrons. The number of aliphatic hydroxyl groups excluding tert-OH is 2. The molecule has 0 aromatic carbocycles. The second-order valence-corrected chi connectivity index (χ2v) is 4.19. The standard InChI is InChI=1S/C10H16O2/c1-10(2,3)7-5-4-6-8(11)9(7)12/h4-6,8-9,11-12H,1-3H3. The quantitative estimate of drug-likeness (QED) is 0.571. The van der Waals surface area contributed by atoms with Gasteiger partial charge in [0.1, 0.15) is 12.2 Å². The smallest absolute Gasteiger partial charge is 0.105 e. The van der Waals surface area contributed by atoms with Crippen molar-refractivity contribution in [3.8, 4) is 0 Å². The molecular weight excluding hydrogens is 152 g/mol. The highest BCUT2D eigenvalue weighted by Gasteiger charge is 2.28. The molecule has 2 unspecified atom stereocenters. The van der Waals surface area contributed by atoms with Crippen molar-refractivity contribution in [2.45, 2.75) is 33.0 Å². The lowest BCUT2D eigenvalue weighted by molar-refractivity contribution is 0.0593. The van der Waals surface area contributed by atoms with Gasteiger partial charge in [-0.05, 0) is 11.0 Å². The van der Waals surface area contributed by atoms with Crippen LogP contribution in [0.3, 0.4) is 0 Å². The lowest BCUT2D eigenvalue weighted by Crippen LogP contribution is -2.33. The third-order valence-corrected chi connectivity index (χ3v) is 2.09. The van der Waals surface area contributed by atoms with Crippen LogP contribution in [0.1, 0.15) is 20.8 Å². The van der Waals surface area contributed by atoms with Crippen LogP contribution in [0.4, 0.5) is 0 Å². The van der Waals surface area contributed by atoms with E-state index < -0.39 is 12.2 Å². The molecule has 0 amide bonds. The Labute approximate surface area is 73.2 Å². The zero-order valence-electron chi connectivity index (χ0n) is 7.78. The molecule has 0 bridgehead atoms. The molecule has 1 aliphatic rings. The van der Waals surface area contributed by atoms with Crippen LogP contribution >= 0.6 is 0 Å².